The topological polar surface area (TPSA) is 72.7 Å². The number of nitrogens with one attached hydrogen (secondary N) is 1. The molecule has 1 heterocycles. The van der Waals surface area contributed by atoms with Crippen LogP contribution in [-0.2, 0) is 4.79 Å². The fourth-order valence-corrected chi connectivity index (χ4v) is 4.25. The lowest BCUT2D eigenvalue weighted by atomic mass is 9.96. The highest BCUT2D eigenvalue weighted by molar-refractivity contribution is 7.99. The second-order valence-electron chi connectivity index (χ2n) is 6.81. The van der Waals surface area contributed by atoms with E-state index >= 15 is 0 Å². The van der Waals surface area contributed by atoms with E-state index in [-0.39, 0.29) is 11.9 Å². The zero-order chi connectivity index (χ0) is 18.2. The van der Waals surface area contributed by atoms with Gasteiger partial charge in [-0.15, -0.1) is 5.10 Å². The molecule has 1 saturated carbocycles. The van der Waals surface area contributed by atoms with Crippen molar-refractivity contribution in [3.8, 4) is 0 Å². The molecule has 1 amide bonds. The Morgan fingerprint density at radius 1 is 1.27 bits per heavy atom. The van der Waals surface area contributed by atoms with Crippen LogP contribution in [-0.4, -0.2) is 31.9 Å². The third kappa shape index (κ3) is 5.06. The highest BCUT2D eigenvalue weighted by Gasteiger charge is 2.21. The van der Waals surface area contributed by atoms with E-state index in [1.54, 1.807) is 0 Å². The van der Waals surface area contributed by atoms with E-state index in [4.69, 9.17) is 0 Å². The number of carbonyl (C=O) groups is 1. The standard InChI is InChI=1S/C19H27N5OS/c1-2-9-17(15-10-5-3-6-11-15)20-18(25)14-26-19-21-22-23-24(19)16-12-7-4-8-13-16/h3,5-6,10-11,16-17H,2,4,7-9,12-14H2,1H3,(H,20,25). The van der Waals surface area contributed by atoms with Gasteiger partial charge in [-0.1, -0.05) is 74.7 Å². The molecule has 7 heteroatoms. The number of benzene rings is 1. The van der Waals surface area contributed by atoms with Crippen molar-refractivity contribution in [1.29, 1.82) is 0 Å². The predicted molar refractivity (Wildman–Crippen MR) is 103 cm³/mol. The summed E-state index contributed by atoms with van der Waals surface area (Å²) in [5.74, 6) is 0.357. The molecule has 0 bridgehead atoms. The molecular formula is C19H27N5OS. The van der Waals surface area contributed by atoms with Crippen LogP contribution in [0.3, 0.4) is 0 Å². The second-order valence-corrected chi connectivity index (χ2v) is 7.75. The van der Waals surface area contributed by atoms with E-state index in [0.29, 0.717) is 11.8 Å². The number of nitrogens with zero attached hydrogens (tertiary/aromatic N) is 4. The van der Waals surface area contributed by atoms with E-state index in [0.717, 1.165) is 36.4 Å². The molecule has 1 aromatic heterocycles. The first-order chi connectivity index (χ1) is 12.8. The number of tetrazole rings is 1. The fourth-order valence-electron chi connectivity index (χ4n) is 3.50. The van der Waals surface area contributed by atoms with Crippen LogP contribution in [0.5, 0.6) is 0 Å². The number of rotatable bonds is 8. The van der Waals surface area contributed by atoms with Gasteiger partial charge in [-0.05, 0) is 35.3 Å². The Hall–Kier alpha value is -1.89. The van der Waals surface area contributed by atoms with Crippen molar-refractivity contribution in [3.63, 3.8) is 0 Å². The van der Waals surface area contributed by atoms with Crippen LogP contribution in [0.1, 0.15) is 69.5 Å². The Kier molecular flexibility index (Phi) is 7.05. The summed E-state index contributed by atoms with van der Waals surface area (Å²) in [4.78, 5) is 12.5. The largest absolute Gasteiger partial charge is 0.349 e. The Balaban J connectivity index is 1.56. The van der Waals surface area contributed by atoms with Gasteiger partial charge in [-0.3, -0.25) is 4.79 Å². The van der Waals surface area contributed by atoms with Crippen LogP contribution in [0.4, 0.5) is 0 Å². The second kappa shape index (κ2) is 9.71. The Morgan fingerprint density at radius 2 is 2.04 bits per heavy atom. The summed E-state index contributed by atoms with van der Waals surface area (Å²) >= 11 is 1.43. The normalized spacial score (nSPS) is 16.3. The third-order valence-electron chi connectivity index (χ3n) is 4.83. The summed E-state index contributed by atoms with van der Waals surface area (Å²) in [6.45, 7) is 2.13. The van der Waals surface area contributed by atoms with Crippen LogP contribution in [0.15, 0.2) is 35.5 Å². The molecule has 0 radical (unpaired) electrons. The van der Waals surface area contributed by atoms with Crippen molar-refractivity contribution < 1.29 is 4.79 Å². The maximum atomic E-state index is 12.5. The van der Waals surface area contributed by atoms with E-state index in [1.165, 1.54) is 31.0 Å². The summed E-state index contributed by atoms with van der Waals surface area (Å²) in [6.07, 6.45) is 7.94. The van der Waals surface area contributed by atoms with E-state index in [1.807, 2.05) is 22.9 Å². The highest BCUT2D eigenvalue weighted by atomic mass is 32.2. The average molecular weight is 374 g/mol. The first kappa shape index (κ1) is 18.9. The molecule has 1 aliphatic carbocycles. The molecule has 1 N–H and O–H groups in total. The van der Waals surface area contributed by atoms with Gasteiger partial charge in [0, 0.05) is 0 Å². The SMILES string of the molecule is CCCC(NC(=O)CSc1nnnn1C1CCCCC1)c1ccccc1. The van der Waals surface area contributed by atoms with Gasteiger partial charge in [0.1, 0.15) is 0 Å². The Bertz CT molecular complexity index is 684. The van der Waals surface area contributed by atoms with Crippen LogP contribution < -0.4 is 5.32 Å². The van der Waals surface area contributed by atoms with Crippen LogP contribution >= 0.6 is 11.8 Å². The number of hydrogen-bond donors (Lipinski definition) is 1. The van der Waals surface area contributed by atoms with E-state index in [2.05, 4.69) is 39.9 Å². The maximum Gasteiger partial charge on any atom is 0.230 e. The van der Waals surface area contributed by atoms with Crippen molar-refractivity contribution >= 4 is 17.7 Å². The minimum absolute atomic E-state index is 0.0236. The summed E-state index contributed by atoms with van der Waals surface area (Å²) in [5.41, 5.74) is 1.15. The van der Waals surface area contributed by atoms with Crippen molar-refractivity contribution in [3.05, 3.63) is 35.9 Å². The van der Waals surface area contributed by atoms with Gasteiger partial charge in [0.05, 0.1) is 17.8 Å². The lowest BCUT2D eigenvalue weighted by Gasteiger charge is -2.22. The van der Waals surface area contributed by atoms with Gasteiger partial charge in [-0.25, -0.2) is 4.68 Å². The monoisotopic (exact) mass is 373 g/mol. The number of carbonyl (C=O) groups excluding carboxylic acids is 1. The molecule has 140 valence electrons. The van der Waals surface area contributed by atoms with Gasteiger partial charge in [-0.2, -0.15) is 0 Å². The molecule has 3 rings (SSSR count). The van der Waals surface area contributed by atoms with E-state index < -0.39 is 0 Å². The smallest absolute Gasteiger partial charge is 0.230 e. The molecule has 26 heavy (non-hydrogen) atoms. The lowest BCUT2D eigenvalue weighted by Crippen LogP contribution is -2.30. The van der Waals surface area contributed by atoms with Crippen molar-refractivity contribution in [2.75, 3.05) is 5.75 Å². The van der Waals surface area contributed by atoms with Crippen molar-refractivity contribution in [2.45, 2.75) is 69.1 Å². The molecule has 1 atom stereocenters. The molecule has 1 aromatic carbocycles. The zero-order valence-electron chi connectivity index (χ0n) is 15.3. The van der Waals surface area contributed by atoms with Gasteiger partial charge < -0.3 is 5.32 Å². The zero-order valence-corrected chi connectivity index (χ0v) is 16.1. The Morgan fingerprint density at radius 3 is 2.77 bits per heavy atom. The van der Waals surface area contributed by atoms with Crippen LogP contribution in [0, 0.1) is 0 Å². The number of hydrogen-bond acceptors (Lipinski definition) is 5. The number of thioether (sulfide) groups is 1. The molecule has 0 aliphatic heterocycles. The minimum atomic E-state index is 0.0236. The minimum Gasteiger partial charge on any atom is -0.349 e. The first-order valence-corrected chi connectivity index (χ1v) is 10.5. The maximum absolute atomic E-state index is 12.5. The van der Waals surface area contributed by atoms with Gasteiger partial charge >= 0.3 is 0 Å². The molecule has 2 aromatic rings. The van der Waals surface area contributed by atoms with Crippen LogP contribution in [0.25, 0.3) is 0 Å². The summed E-state index contributed by atoms with van der Waals surface area (Å²) in [5, 5.41) is 16.0. The third-order valence-corrected chi connectivity index (χ3v) is 5.76. The molecule has 1 unspecified atom stereocenters. The predicted octanol–water partition coefficient (Wildman–Crippen LogP) is 3.93. The van der Waals surface area contributed by atoms with Gasteiger partial charge in [0.2, 0.25) is 11.1 Å². The van der Waals surface area contributed by atoms with E-state index in [9.17, 15) is 4.79 Å². The molecule has 6 nitrogen and oxygen atoms in total. The number of aromatic nitrogens is 4. The quantitative estimate of drug-likeness (QED) is 0.710. The summed E-state index contributed by atoms with van der Waals surface area (Å²) in [6, 6.07) is 10.6. The molecule has 1 fully saturated rings. The lowest BCUT2D eigenvalue weighted by molar-refractivity contribution is -0.119. The highest BCUT2D eigenvalue weighted by Crippen LogP contribution is 2.30. The average Bonchev–Trinajstić information content (AvgIpc) is 3.16. The van der Waals surface area contributed by atoms with Gasteiger partial charge in [0.25, 0.3) is 0 Å². The fraction of sp³-hybridized carbons (Fsp3) is 0.579. The van der Waals surface area contributed by atoms with Crippen molar-refractivity contribution in [1.82, 2.24) is 25.5 Å². The van der Waals surface area contributed by atoms with Crippen LogP contribution in [0.2, 0.25) is 0 Å². The van der Waals surface area contributed by atoms with Crippen molar-refractivity contribution in [2.24, 2.45) is 0 Å². The number of amides is 1. The molecule has 1 aliphatic rings. The molecule has 0 saturated heterocycles. The molecule has 0 spiro atoms. The van der Waals surface area contributed by atoms with Gasteiger partial charge in [0.15, 0.2) is 0 Å². The summed E-state index contributed by atoms with van der Waals surface area (Å²) < 4.78 is 1.91. The first-order valence-electron chi connectivity index (χ1n) is 9.53. The Labute approximate surface area is 159 Å². The molecular weight excluding hydrogens is 346 g/mol. The summed E-state index contributed by atoms with van der Waals surface area (Å²) in [7, 11) is 0.